The van der Waals surface area contributed by atoms with Crippen molar-refractivity contribution >= 4 is 27.9 Å². The van der Waals surface area contributed by atoms with Gasteiger partial charge in [-0.1, -0.05) is 36.4 Å². The molecule has 0 bridgehead atoms. The molecule has 0 fully saturated rings. The van der Waals surface area contributed by atoms with E-state index in [2.05, 4.69) is 0 Å². The van der Waals surface area contributed by atoms with Crippen molar-refractivity contribution in [3.05, 3.63) is 47.5 Å². The minimum atomic E-state index is -0.799. The second kappa shape index (κ2) is 5.58. The Bertz CT molecular complexity index is 804. The van der Waals surface area contributed by atoms with Crippen LogP contribution in [-0.4, -0.2) is 17.6 Å². The number of carboxylic acid groups (broad SMARTS) is 1. The summed E-state index contributed by atoms with van der Waals surface area (Å²) in [7, 11) is 0. The summed E-state index contributed by atoms with van der Waals surface area (Å²) in [6.45, 7) is 0.571. The molecule has 3 rings (SSSR count). The Kier molecular flexibility index (Phi) is 3.62. The van der Waals surface area contributed by atoms with Gasteiger partial charge in [-0.2, -0.15) is 0 Å². The minimum absolute atomic E-state index is 0.103. The van der Waals surface area contributed by atoms with E-state index in [1.54, 1.807) is 0 Å². The summed E-state index contributed by atoms with van der Waals surface area (Å²) in [6, 6.07) is 11.9. The van der Waals surface area contributed by atoms with Gasteiger partial charge in [0.15, 0.2) is 0 Å². The molecule has 0 unspecified atom stereocenters. The number of furan rings is 1. The lowest BCUT2D eigenvalue weighted by molar-refractivity contribution is -0.136. The Balaban J connectivity index is 2.17. The molecular weight excluding hydrogens is 266 g/mol. The molecule has 3 aromatic rings. The van der Waals surface area contributed by atoms with Crippen LogP contribution < -0.4 is 5.73 Å². The average Bonchev–Trinajstić information content (AvgIpc) is 2.86. The molecule has 21 heavy (non-hydrogen) atoms. The normalized spacial score (nSPS) is 11.3. The van der Waals surface area contributed by atoms with Gasteiger partial charge >= 0.3 is 5.97 Å². The molecular formula is C17H17NO3. The first-order chi connectivity index (χ1) is 10.2. The Labute approximate surface area is 122 Å². The molecule has 0 atom stereocenters. The summed E-state index contributed by atoms with van der Waals surface area (Å²) in [6.07, 6.45) is 1.34. The number of carboxylic acids is 1. The predicted molar refractivity (Wildman–Crippen MR) is 82.4 cm³/mol. The van der Waals surface area contributed by atoms with Gasteiger partial charge in [-0.25, -0.2) is 0 Å². The molecule has 0 amide bonds. The zero-order valence-corrected chi connectivity index (χ0v) is 11.6. The molecule has 0 saturated heterocycles. The highest BCUT2D eigenvalue weighted by Crippen LogP contribution is 2.33. The second-order valence-corrected chi connectivity index (χ2v) is 5.12. The van der Waals surface area contributed by atoms with Crippen molar-refractivity contribution < 1.29 is 14.3 Å². The number of para-hydroxylation sites is 2. The van der Waals surface area contributed by atoms with E-state index in [4.69, 9.17) is 15.3 Å². The fraction of sp³-hybridized carbons (Fsp3) is 0.235. The van der Waals surface area contributed by atoms with E-state index in [-0.39, 0.29) is 6.42 Å². The van der Waals surface area contributed by atoms with Crippen LogP contribution in [-0.2, 0) is 17.6 Å². The predicted octanol–water partition coefficient (Wildman–Crippen LogP) is 3.10. The van der Waals surface area contributed by atoms with Gasteiger partial charge < -0.3 is 15.3 Å². The smallest absolute Gasteiger partial charge is 0.303 e. The molecule has 0 aliphatic carbocycles. The zero-order valence-electron chi connectivity index (χ0n) is 11.6. The van der Waals surface area contributed by atoms with Gasteiger partial charge in [-0.05, 0) is 30.5 Å². The van der Waals surface area contributed by atoms with Crippen LogP contribution in [0.4, 0.5) is 0 Å². The van der Waals surface area contributed by atoms with Crippen molar-refractivity contribution in [2.75, 3.05) is 6.54 Å². The van der Waals surface area contributed by atoms with Crippen molar-refractivity contribution in [1.29, 1.82) is 0 Å². The molecule has 1 heterocycles. The molecule has 0 saturated carbocycles. The first-order valence-corrected chi connectivity index (χ1v) is 7.04. The van der Waals surface area contributed by atoms with Crippen LogP contribution in [0.1, 0.15) is 17.5 Å². The van der Waals surface area contributed by atoms with Gasteiger partial charge in [-0.15, -0.1) is 0 Å². The highest BCUT2D eigenvalue weighted by Gasteiger charge is 2.13. The highest BCUT2D eigenvalue weighted by molar-refractivity contribution is 6.06. The van der Waals surface area contributed by atoms with Crippen LogP contribution >= 0.6 is 0 Å². The zero-order chi connectivity index (χ0) is 14.8. The number of hydrogen-bond acceptors (Lipinski definition) is 3. The van der Waals surface area contributed by atoms with Gasteiger partial charge in [0.05, 0.1) is 0 Å². The quantitative estimate of drug-likeness (QED) is 0.754. The molecule has 0 radical (unpaired) electrons. The van der Waals surface area contributed by atoms with E-state index in [0.29, 0.717) is 13.0 Å². The van der Waals surface area contributed by atoms with E-state index in [9.17, 15) is 4.79 Å². The van der Waals surface area contributed by atoms with Crippen molar-refractivity contribution in [1.82, 2.24) is 0 Å². The van der Waals surface area contributed by atoms with E-state index < -0.39 is 5.97 Å². The van der Waals surface area contributed by atoms with E-state index >= 15 is 0 Å². The fourth-order valence-corrected chi connectivity index (χ4v) is 2.73. The summed E-state index contributed by atoms with van der Waals surface area (Å²) >= 11 is 0. The Morgan fingerprint density at radius 3 is 2.10 bits per heavy atom. The number of fused-ring (bicyclic) bond motifs is 3. The number of nitrogens with two attached hydrogens (primary N) is 1. The van der Waals surface area contributed by atoms with Gasteiger partial charge in [0.25, 0.3) is 0 Å². The molecule has 3 N–H and O–H groups in total. The van der Waals surface area contributed by atoms with Crippen LogP contribution in [0.15, 0.2) is 40.8 Å². The lowest BCUT2D eigenvalue weighted by Gasteiger charge is -1.99. The van der Waals surface area contributed by atoms with Crippen LogP contribution in [0.5, 0.6) is 0 Å². The van der Waals surface area contributed by atoms with Crippen molar-refractivity contribution in [2.24, 2.45) is 5.73 Å². The summed E-state index contributed by atoms with van der Waals surface area (Å²) in [5, 5.41) is 11.0. The Hall–Kier alpha value is -2.33. The maximum Gasteiger partial charge on any atom is 0.303 e. The van der Waals surface area contributed by atoms with Gasteiger partial charge in [0, 0.05) is 17.2 Å². The minimum Gasteiger partial charge on any atom is -0.481 e. The largest absolute Gasteiger partial charge is 0.481 e. The summed E-state index contributed by atoms with van der Waals surface area (Å²) in [5.41, 5.74) is 9.33. The third-order valence-corrected chi connectivity index (χ3v) is 3.71. The molecule has 0 aliphatic rings. The third-order valence-electron chi connectivity index (χ3n) is 3.71. The van der Waals surface area contributed by atoms with E-state index in [1.807, 2.05) is 36.4 Å². The average molecular weight is 283 g/mol. The molecule has 2 aromatic carbocycles. The lowest BCUT2D eigenvalue weighted by atomic mass is 10.0. The molecule has 1 aromatic heterocycles. The third kappa shape index (κ3) is 2.50. The molecule has 0 aliphatic heterocycles. The summed E-state index contributed by atoms with van der Waals surface area (Å²) in [4.78, 5) is 10.8. The fourth-order valence-electron chi connectivity index (χ4n) is 2.73. The van der Waals surface area contributed by atoms with Crippen LogP contribution in [0, 0.1) is 0 Å². The first-order valence-electron chi connectivity index (χ1n) is 7.04. The van der Waals surface area contributed by atoms with Crippen LogP contribution in [0.2, 0.25) is 0 Å². The van der Waals surface area contributed by atoms with Gasteiger partial charge in [0.1, 0.15) is 11.2 Å². The van der Waals surface area contributed by atoms with Crippen molar-refractivity contribution in [2.45, 2.75) is 19.3 Å². The van der Waals surface area contributed by atoms with Gasteiger partial charge in [-0.3, -0.25) is 4.79 Å². The number of benzene rings is 2. The standard InChI is InChI=1S/C17H17NO3/c18-10-9-12-4-2-6-14-13-5-1-3-11(7-8-15(19)20)16(13)21-17(12)14/h1-6H,7-10,18H2,(H,19,20). The molecule has 0 spiro atoms. The molecule has 4 nitrogen and oxygen atoms in total. The van der Waals surface area contributed by atoms with Crippen LogP contribution in [0.25, 0.3) is 21.9 Å². The SMILES string of the molecule is NCCc1cccc2c1oc1c(CCC(=O)O)cccc12. The monoisotopic (exact) mass is 283 g/mol. The number of carbonyl (C=O) groups is 1. The van der Waals surface area contributed by atoms with Crippen LogP contribution in [0.3, 0.4) is 0 Å². The number of aliphatic carboxylic acids is 1. The van der Waals surface area contributed by atoms with E-state index in [0.717, 1.165) is 39.5 Å². The Morgan fingerprint density at radius 2 is 1.57 bits per heavy atom. The van der Waals surface area contributed by atoms with Crippen molar-refractivity contribution in [3.8, 4) is 0 Å². The maximum absolute atomic E-state index is 10.8. The first kappa shape index (κ1) is 13.6. The second-order valence-electron chi connectivity index (χ2n) is 5.12. The summed E-state index contributed by atoms with van der Waals surface area (Å²) in [5.74, 6) is -0.799. The van der Waals surface area contributed by atoms with Gasteiger partial charge in [0.2, 0.25) is 0 Å². The summed E-state index contributed by atoms with van der Waals surface area (Å²) < 4.78 is 6.05. The Morgan fingerprint density at radius 1 is 1.00 bits per heavy atom. The lowest BCUT2D eigenvalue weighted by Crippen LogP contribution is -2.02. The molecule has 4 heteroatoms. The number of hydrogen-bond donors (Lipinski definition) is 2. The van der Waals surface area contributed by atoms with E-state index in [1.165, 1.54) is 0 Å². The topological polar surface area (TPSA) is 76.5 Å². The highest BCUT2D eigenvalue weighted by atomic mass is 16.4. The maximum atomic E-state index is 10.8. The number of rotatable bonds is 5. The molecule has 108 valence electrons. The number of aryl methyl sites for hydroxylation is 1. The van der Waals surface area contributed by atoms with Crippen molar-refractivity contribution in [3.63, 3.8) is 0 Å².